The number of para-hydroxylation sites is 1. The third-order valence-electron chi connectivity index (χ3n) is 4.78. The van der Waals surface area contributed by atoms with E-state index < -0.39 is 0 Å². The summed E-state index contributed by atoms with van der Waals surface area (Å²) in [5.41, 5.74) is 1.67. The summed E-state index contributed by atoms with van der Waals surface area (Å²) in [5.74, 6) is 0.775. The zero-order chi connectivity index (χ0) is 18.4. The molecule has 0 bridgehead atoms. The van der Waals surface area contributed by atoms with Crippen LogP contribution in [0.1, 0.15) is 30.3 Å². The van der Waals surface area contributed by atoms with Crippen LogP contribution in [0.4, 0.5) is 11.5 Å². The highest BCUT2D eigenvalue weighted by molar-refractivity contribution is 5.91. The van der Waals surface area contributed by atoms with E-state index in [0.29, 0.717) is 5.69 Å². The molecule has 0 unspecified atom stereocenters. The van der Waals surface area contributed by atoms with Gasteiger partial charge in [0.15, 0.2) is 0 Å². The monoisotopic (exact) mass is 353 g/mol. The van der Waals surface area contributed by atoms with Gasteiger partial charge in [0.1, 0.15) is 11.5 Å². The molecule has 0 saturated carbocycles. The van der Waals surface area contributed by atoms with E-state index in [2.05, 4.69) is 51.0 Å². The Bertz CT molecular complexity index is 696. The number of rotatable bonds is 6. The molecule has 1 aliphatic heterocycles. The van der Waals surface area contributed by atoms with E-state index in [1.165, 1.54) is 5.69 Å². The van der Waals surface area contributed by atoms with Crippen molar-refractivity contribution >= 4 is 17.4 Å². The molecule has 2 heterocycles. The second-order valence-electron chi connectivity index (χ2n) is 6.65. The van der Waals surface area contributed by atoms with Gasteiger partial charge in [-0.15, -0.1) is 0 Å². The molecular formula is C20H27N5O. The molecule has 0 aliphatic carbocycles. The van der Waals surface area contributed by atoms with E-state index in [4.69, 9.17) is 0 Å². The van der Waals surface area contributed by atoms with Crippen LogP contribution in [-0.4, -0.2) is 60.5 Å². The molecule has 138 valence electrons. The van der Waals surface area contributed by atoms with Crippen molar-refractivity contribution in [3.05, 3.63) is 48.4 Å². The molecule has 0 radical (unpaired) electrons. The molecule has 1 amide bonds. The fourth-order valence-corrected chi connectivity index (χ4v) is 3.12. The molecule has 0 N–H and O–H groups in total. The minimum atomic E-state index is -0.0635. The summed E-state index contributed by atoms with van der Waals surface area (Å²) in [4.78, 5) is 27.5. The molecule has 6 nitrogen and oxygen atoms in total. The van der Waals surface area contributed by atoms with Gasteiger partial charge >= 0.3 is 0 Å². The van der Waals surface area contributed by atoms with E-state index in [9.17, 15) is 4.79 Å². The maximum atomic E-state index is 12.3. The Morgan fingerprint density at radius 1 is 1.04 bits per heavy atom. The molecule has 1 fully saturated rings. The van der Waals surface area contributed by atoms with Crippen LogP contribution >= 0.6 is 0 Å². The van der Waals surface area contributed by atoms with E-state index >= 15 is 0 Å². The highest BCUT2D eigenvalue weighted by Crippen LogP contribution is 2.18. The van der Waals surface area contributed by atoms with Gasteiger partial charge < -0.3 is 14.7 Å². The zero-order valence-corrected chi connectivity index (χ0v) is 15.6. The van der Waals surface area contributed by atoms with Crippen LogP contribution in [0.5, 0.6) is 0 Å². The van der Waals surface area contributed by atoms with Crippen molar-refractivity contribution in [1.29, 1.82) is 0 Å². The molecular weight excluding hydrogens is 326 g/mol. The van der Waals surface area contributed by atoms with Gasteiger partial charge in [0, 0.05) is 45.5 Å². The van der Waals surface area contributed by atoms with Gasteiger partial charge in [-0.2, -0.15) is 0 Å². The van der Waals surface area contributed by atoms with Gasteiger partial charge in [0.2, 0.25) is 0 Å². The van der Waals surface area contributed by atoms with Crippen LogP contribution in [0.3, 0.4) is 0 Å². The first-order valence-corrected chi connectivity index (χ1v) is 9.31. The lowest BCUT2D eigenvalue weighted by Crippen LogP contribution is -2.46. The molecule has 26 heavy (non-hydrogen) atoms. The van der Waals surface area contributed by atoms with Crippen LogP contribution in [0.15, 0.2) is 42.7 Å². The van der Waals surface area contributed by atoms with Crippen molar-refractivity contribution in [2.24, 2.45) is 0 Å². The Hall–Kier alpha value is -2.63. The maximum Gasteiger partial charge on any atom is 0.273 e. The number of carbonyl (C=O) groups is 1. The number of anilines is 2. The minimum absolute atomic E-state index is 0.0635. The Morgan fingerprint density at radius 2 is 1.73 bits per heavy atom. The smallest absolute Gasteiger partial charge is 0.273 e. The summed E-state index contributed by atoms with van der Waals surface area (Å²) in [7, 11) is 1.82. The molecule has 6 heteroatoms. The van der Waals surface area contributed by atoms with Crippen LogP contribution < -0.4 is 9.80 Å². The SMILES string of the molecule is CCCCN(C)C(=O)c1cnc(N2CCN(c3ccccc3)CC2)cn1. The van der Waals surface area contributed by atoms with Crippen LogP contribution in [0.25, 0.3) is 0 Å². The Kier molecular flexibility index (Phi) is 6.04. The van der Waals surface area contributed by atoms with Gasteiger partial charge in [0.25, 0.3) is 5.91 Å². The van der Waals surface area contributed by atoms with Crippen LogP contribution in [-0.2, 0) is 0 Å². The van der Waals surface area contributed by atoms with Crippen molar-refractivity contribution in [3.63, 3.8) is 0 Å². The number of piperazine rings is 1. The van der Waals surface area contributed by atoms with Crippen molar-refractivity contribution in [1.82, 2.24) is 14.9 Å². The van der Waals surface area contributed by atoms with E-state index in [1.807, 2.05) is 13.1 Å². The van der Waals surface area contributed by atoms with Crippen molar-refractivity contribution in [2.75, 3.05) is 49.6 Å². The summed E-state index contributed by atoms with van der Waals surface area (Å²) in [6.07, 6.45) is 5.39. The van der Waals surface area contributed by atoms with Crippen molar-refractivity contribution in [3.8, 4) is 0 Å². The first-order chi connectivity index (χ1) is 12.7. The van der Waals surface area contributed by atoms with Gasteiger partial charge in [-0.3, -0.25) is 4.79 Å². The number of amides is 1. The second-order valence-corrected chi connectivity index (χ2v) is 6.65. The summed E-state index contributed by atoms with van der Waals surface area (Å²) in [6, 6.07) is 10.5. The first kappa shape index (κ1) is 18.2. The predicted octanol–water partition coefficient (Wildman–Crippen LogP) is 2.68. The number of aromatic nitrogens is 2. The number of unbranched alkanes of at least 4 members (excludes halogenated alkanes) is 1. The summed E-state index contributed by atoms with van der Waals surface area (Å²) in [6.45, 7) is 6.56. The first-order valence-electron chi connectivity index (χ1n) is 9.31. The number of hydrogen-bond donors (Lipinski definition) is 0. The van der Waals surface area contributed by atoms with Gasteiger partial charge in [-0.1, -0.05) is 31.5 Å². The topological polar surface area (TPSA) is 52.6 Å². The standard InChI is InChI=1S/C20H27N5O/c1-3-4-10-23(2)20(26)18-15-22-19(16-21-18)25-13-11-24(12-14-25)17-8-6-5-7-9-17/h5-9,15-16H,3-4,10-14H2,1-2H3. The van der Waals surface area contributed by atoms with Gasteiger partial charge in [0.05, 0.1) is 12.4 Å². The molecule has 1 aromatic heterocycles. The predicted molar refractivity (Wildman–Crippen MR) is 105 cm³/mol. The van der Waals surface area contributed by atoms with E-state index in [-0.39, 0.29) is 5.91 Å². The largest absolute Gasteiger partial charge is 0.368 e. The summed E-state index contributed by atoms with van der Waals surface area (Å²) < 4.78 is 0. The number of benzene rings is 1. The summed E-state index contributed by atoms with van der Waals surface area (Å²) >= 11 is 0. The fourth-order valence-electron chi connectivity index (χ4n) is 3.12. The quantitative estimate of drug-likeness (QED) is 0.799. The van der Waals surface area contributed by atoms with E-state index in [0.717, 1.165) is 51.4 Å². The van der Waals surface area contributed by atoms with Gasteiger partial charge in [-0.05, 0) is 18.6 Å². The average Bonchev–Trinajstić information content (AvgIpc) is 2.72. The minimum Gasteiger partial charge on any atom is -0.368 e. The Balaban J connectivity index is 1.57. The van der Waals surface area contributed by atoms with Gasteiger partial charge in [-0.25, -0.2) is 9.97 Å². The van der Waals surface area contributed by atoms with E-state index in [1.54, 1.807) is 17.3 Å². The molecule has 1 aliphatic rings. The highest BCUT2D eigenvalue weighted by atomic mass is 16.2. The molecule has 0 spiro atoms. The molecule has 2 aromatic rings. The number of hydrogen-bond acceptors (Lipinski definition) is 5. The Labute approximate surface area is 155 Å². The zero-order valence-electron chi connectivity index (χ0n) is 15.6. The summed E-state index contributed by atoms with van der Waals surface area (Å²) in [5, 5.41) is 0. The third-order valence-corrected chi connectivity index (χ3v) is 4.78. The highest BCUT2D eigenvalue weighted by Gasteiger charge is 2.19. The fraction of sp³-hybridized carbons (Fsp3) is 0.450. The third kappa shape index (κ3) is 4.31. The number of carbonyl (C=O) groups excluding carboxylic acids is 1. The lowest BCUT2D eigenvalue weighted by atomic mass is 10.2. The average molecular weight is 353 g/mol. The van der Waals surface area contributed by atoms with Crippen molar-refractivity contribution < 1.29 is 4.79 Å². The lowest BCUT2D eigenvalue weighted by Gasteiger charge is -2.36. The van der Waals surface area contributed by atoms with Crippen LogP contribution in [0, 0.1) is 0 Å². The van der Waals surface area contributed by atoms with Crippen LogP contribution in [0.2, 0.25) is 0 Å². The normalized spacial score (nSPS) is 14.4. The molecule has 1 aromatic carbocycles. The second kappa shape index (κ2) is 8.65. The maximum absolute atomic E-state index is 12.3. The Morgan fingerprint density at radius 3 is 2.35 bits per heavy atom. The molecule has 3 rings (SSSR count). The lowest BCUT2D eigenvalue weighted by molar-refractivity contribution is 0.0787. The van der Waals surface area contributed by atoms with Crippen molar-refractivity contribution in [2.45, 2.75) is 19.8 Å². The molecule has 0 atom stereocenters. The number of nitrogens with zero attached hydrogens (tertiary/aromatic N) is 5. The molecule has 1 saturated heterocycles.